The molecule has 9 heteroatoms. The Labute approximate surface area is 119 Å². The van der Waals surface area contributed by atoms with Crippen LogP contribution in [-0.4, -0.2) is 56.5 Å². The maximum absolute atomic E-state index is 10.8. The normalized spacial score (nSPS) is 36.2. The largest absolute Gasteiger partial charge is 0.394 e. The maximum Gasteiger partial charge on any atom is 0.297 e. The van der Waals surface area contributed by atoms with Gasteiger partial charge in [0.2, 0.25) is 0 Å². The minimum absolute atomic E-state index is 0.0681. The van der Waals surface area contributed by atoms with Crippen molar-refractivity contribution in [1.29, 1.82) is 0 Å². The van der Waals surface area contributed by atoms with E-state index in [1.807, 2.05) is 0 Å². The lowest BCUT2D eigenvalue weighted by Gasteiger charge is -2.46. The van der Waals surface area contributed by atoms with Crippen molar-refractivity contribution in [1.82, 2.24) is 0 Å². The number of hydrogen-bond acceptors (Lipinski definition) is 8. The molecule has 0 amide bonds. The highest BCUT2D eigenvalue weighted by atomic mass is 17.0. The van der Waals surface area contributed by atoms with Crippen LogP contribution in [0.2, 0.25) is 0 Å². The van der Waals surface area contributed by atoms with Crippen molar-refractivity contribution in [3.05, 3.63) is 46.0 Å². The highest BCUT2D eigenvalue weighted by Crippen LogP contribution is 2.39. The smallest absolute Gasteiger partial charge is 0.297 e. The minimum Gasteiger partial charge on any atom is -0.394 e. The monoisotopic (exact) mass is 301 g/mol. The lowest BCUT2D eigenvalue weighted by atomic mass is 9.88. The third-order valence-electron chi connectivity index (χ3n) is 3.34. The molecular formula is C12H15NO8. The summed E-state index contributed by atoms with van der Waals surface area (Å²) in [5.74, 6) is -2.34. The summed E-state index contributed by atoms with van der Waals surface area (Å²) < 4.78 is 5.24. The molecule has 0 saturated carbocycles. The van der Waals surface area contributed by atoms with Crippen molar-refractivity contribution < 1.29 is 35.1 Å². The molecule has 2 rings (SSSR count). The zero-order chi connectivity index (χ0) is 15.6. The number of aliphatic hydroxyl groups excluding tert-OH is 4. The Kier molecular flexibility index (Phi) is 4.40. The Hall–Kier alpha value is -1.78. The average molecular weight is 301 g/mol. The Morgan fingerprint density at radius 3 is 2.38 bits per heavy atom. The zero-order valence-corrected chi connectivity index (χ0v) is 10.8. The summed E-state index contributed by atoms with van der Waals surface area (Å²) in [5, 5.41) is 48.5. The predicted molar refractivity (Wildman–Crippen MR) is 66.2 cm³/mol. The molecule has 9 nitrogen and oxygen atoms in total. The first-order chi connectivity index (χ1) is 9.92. The van der Waals surface area contributed by atoms with E-state index >= 15 is 0 Å². The molecule has 1 fully saturated rings. The molecule has 21 heavy (non-hydrogen) atoms. The quantitative estimate of drug-likeness (QED) is 0.389. The van der Waals surface area contributed by atoms with Crippen LogP contribution in [0.15, 0.2) is 30.3 Å². The Morgan fingerprint density at radius 2 is 1.86 bits per heavy atom. The maximum atomic E-state index is 10.8. The molecule has 0 spiro atoms. The molecule has 0 aromatic heterocycles. The molecule has 0 aliphatic carbocycles. The standard InChI is InChI=1S/C12H15NO8/c14-6-8-9(15)10(16)11(17)12(20-8,21-13(18)19)7-4-2-1-3-5-7/h1-5,8-11,14-17H,6H2/t8-,9+,10+,11-,12?/m1/s1. The zero-order valence-electron chi connectivity index (χ0n) is 10.8. The second kappa shape index (κ2) is 5.92. The lowest BCUT2D eigenvalue weighted by Crippen LogP contribution is -2.64. The second-order valence-electron chi connectivity index (χ2n) is 4.61. The molecule has 1 heterocycles. The number of benzene rings is 1. The van der Waals surface area contributed by atoms with Crippen molar-refractivity contribution in [3.63, 3.8) is 0 Å². The van der Waals surface area contributed by atoms with Crippen molar-refractivity contribution in [2.75, 3.05) is 6.61 Å². The summed E-state index contributed by atoms with van der Waals surface area (Å²) in [6, 6.07) is 7.48. The summed E-state index contributed by atoms with van der Waals surface area (Å²) in [6.07, 6.45) is -6.69. The number of hydrogen-bond donors (Lipinski definition) is 4. The van der Waals surface area contributed by atoms with E-state index in [1.54, 1.807) is 6.07 Å². The van der Waals surface area contributed by atoms with E-state index < -0.39 is 41.9 Å². The van der Waals surface area contributed by atoms with E-state index in [2.05, 4.69) is 4.84 Å². The third-order valence-corrected chi connectivity index (χ3v) is 3.34. The lowest BCUT2D eigenvalue weighted by molar-refractivity contribution is -0.808. The number of ether oxygens (including phenoxy) is 1. The van der Waals surface area contributed by atoms with Gasteiger partial charge in [0, 0.05) is 5.56 Å². The fourth-order valence-electron chi connectivity index (χ4n) is 2.29. The van der Waals surface area contributed by atoms with Gasteiger partial charge in [0.15, 0.2) is 0 Å². The van der Waals surface area contributed by atoms with Crippen LogP contribution >= 0.6 is 0 Å². The SMILES string of the molecule is O=[N+]([O-])OC1(c2ccccc2)O[C@H](CO)[C@H](O)[C@H](O)[C@H]1O. The van der Waals surface area contributed by atoms with E-state index in [9.17, 15) is 30.5 Å². The van der Waals surface area contributed by atoms with E-state index in [0.717, 1.165) is 0 Å². The van der Waals surface area contributed by atoms with Gasteiger partial charge in [-0.05, 0) is 0 Å². The highest BCUT2D eigenvalue weighted by Gasteiger charge is 2.57. The van der Waals surface area contributed by atoms with Crippen LogP contribution in [0, 0.1) is 10.1 Å². The van der Waals surface area contributed by atoms with E-state index in [-0.39, 0.29) is 5.56 Å². The molecule has 1 unspecified atom stereocenters. The molecule has 1 aliphatic heterocycles. The van der Waals surface area contributed by atoms with Crippen molar-refractivity contribution >= 4 is 0 Å². The van der Waals surface area contributed by atoms with Gasteiger partial charge in [0.1, 0.15) is 24.4 Å². The van der Waals surface area contributed by atoms with Crippen LogP contribution in [0.4, 0.5) is 0 Å². The van der Waals surface area contributed by atoms with Crippen LogP contribution in [0.1, 0.15) is 5.56 Å². The van der Waals surface area contributed by atoms with Gasteiger partial charge in [0.05, 0.1) is 6.61 Å². The fraction of sp³-hybridized carbons (Fsp3) is 0.500. The summed E-state index contributed by atoms with van der Waals surface area (Å²) in [4.78, 5) is 15.3. The van der Waals surface area contributed by atoms with Gasteiger partial charge < -0.3 is 25.2 Å². The first-order valence-corrected chi connectivity index (χ1v) is 6.14. The first kappa shape index (κ1) is 15.6. The van der Waals surface area contributed by atoms with Gasteiger partial charge in [-0.3, -0.25) is 4.84 Å². The van der Waals surface area contributed by atoms with Crippen LogP contribution in [0.3, 0.4) is 0 Å². The van der Waals surface area contributed by atoms with E-state index in [4.69, 9.17) is 4.74 Å². The van der Waals surface area contributed by atoms with Crippen LogP contribution < -0.4 is 0 Å². The predicted octanol–water partition coefficient (Wildman–Crippen LogP) is -1.48. The summed E-state index contributed by atoms with van der Waals surface area (Å²) >= 11 is 0. The van der Waals surface area contributed by atoms with Crippen molar-refractivity contribution in [3.8, 4) is 0 Å². The summed E-state index contributed by atoms with van der Waals surface area (Å²) in [5.41, 5.74) is 0.0681. The van der Waals surface area contributed by atoms with Gasteiger partial charge in [0.25, 0.3) is 10.9 Å². The third kappa shape index (κ3) is 2.69. The molecule has 0 radical (unpaired) electrons. The number of aliphatic hydroxyl groups is 4. The molecule has 0 bridgehead atoms. The molecule has 1 aromatic carbocycles. The van der Waals surface area contributed by atoms with Crippen molar-refractivity contribution in [2.24, 2.45) is 0 Å². The topological polar surface area (TPSA) is 143 Å². The Balaban J connectivity index is 2.50. The second-order valence-corrected chi connectivity index (χ2v) is 4.61. The number of nitrogens with zero attached hydrogens (tertiary/aromatic N) is 1. The molecular weight excluding hydrogens is 286 g/mol. The first-order valence-electron chi connectivity index (χ1n) is 6.14. The van der Waals surface area contributed by atoms with Crippen LogP contribution in [0.25, 0.3) is 0 Å². The van der Waals surface area contributed by atoms with Crippen LogP contribution in [-0.2, 0) is 15.4 Å². The molecule has 5 atom stereocenters. The highest BCUT2D eigenvalue weighted by molar-refractivity contribution is 5.23. The Bertz CT molecular complexity index is 495. The average Bonchev–Trinajstić information content (AvgIpc) is 2.48. The van der Waals surface area contributed by atoms with Gasteiger partial charge in [-0.15, -0.1) is 10.1 Å². The number of rotatable bonds is 4. The van der Waals surface area contributed by atoms with E-state index in [0.29, 0.717) is 0 Å². The molecule has 116 valence electrons. The molecule has 1 aliphatic rings. The summed E-state index contributed by atoms with van der Waals surface area (Å²) in [7, 11) is 0. The van der Waals surface area contributed by atoms with Crippen molar-refractivity contribution in [2.45, 2.75) is 30.2 Å². The fourth-order valence-corrected chi connectivity index (χ4v) is 2.29. The van der Waals surface area contributed by atoms with Gasteiger partial charge in [-0.2, -0.15) is 0 Å². The van der Waals surface area contributed by atoms with Gasteiger partial charge in [-0.25, -0.2) is 0 Å². The van der Waals surface area contributed by atoms with Gasteiger partial charge >= 0.3 is 0 Å². The molecule has 1 aromatic rings. The van der Waals surface area contributed by atoms with E-state index in [1.165, 1.54) is 24.3 Å². The molecule has 1 saturated heterocycles. The Morgan fingerprint density at radius 1 is 1.24 bits per heavy atom. The molecule has 4 N–H and O–H groups in total. The van der Waals surface area contributed by atoms with Crippen LogP contribution in [0.5, 0.6) is 0 Å². The summed E-state index contributed by atoms with van der Waals surface area (Å²) in [6.45, 7) is -0.722. The van der Waals surface area contributed by atoms with Gasteiger partial charge in [-0.1, -0.05) is 30.3 Å². The minimum atomic E-state index is -2.34.